The predicted octanol–water partition coefficient (Wildman–Crippen LogP) is 3.84. The molecule has 2 rings (SSSR count). The third kappa shape index (κ3) is 6.65. The van der Waals surface area contributed by atoms with Gasteiger partial charge in [0, 0.05) is 30.7 Å². The molecule has 2 aromatic rings. The molecule has 26 heavy (non-hydrogen) atoms. The van der Waals surface area contributed by atoms with Gasteiger partial charge in [-0.15, -0.1) is 0 Å². The minimum Gasteiger partial charge on any atom is -0.494 e. The van der Waals surface area contributed by atoms with E-state index >= 15 is 0 Å². The van der Waals surface area contributed by atoms with E-state index in [1.54, 1.807) is 42.3 Å². The van der Waals surface area contributed by atoms with Gasteiger partial charge < -0.3 is 9.64 Å². The second-order valence-corrected chi connectivity index (χ2v) is 6.67. The Morgan fingerprint density at radius 2 is 1.81 bits per heavy atom. The van der Waals surface area contributed by atoms with Crippen molar-refractivity contribution < 1.29 is 13.9 Å². The van der Waals surface area contributed by atoms with E-state index in [0.29, 0.717) is 17.2 Å². The lowest BCUT2D eigenvalue weighted by Gasteiger charge is -2.22. The van der Waals surface area contributed by atoms with Gasteiger partial charge in [0.15, 0.2) is 0 Å². The molecule has 0 spiro atoms. The summed E-state index contributed by atoms with van der Waals surface area (Å²) in [5.41, 5.74) is 0.516. The van der Waals surface area contributed by atoms with Crippen molar-refractivity contribution in [2.45, 2.75) is 13.0 Å². The summed E-state index contributed by atoms with van der Waals surface area (Å²) < 4.78 is 19.3. The van der Waals surface area contributed by atoms with Gasteiger partial charge in [0.2, 0.25) is 5.91 Å². The molecule has 0 heterocycles. The van der Waals surface area contributed by atoms with Gasteiger partial charge in [-0.25, -0.2) is 4.39 Å². The van der Waals surface area contributed by atoms with E-state index in [-0.39, 0.29) is 24.8 Å². The highest BCUT2D eigenvalue weighted by Gasteiger charge is 2.13. The summed E-state index contributed by atoms with van der Waals surface area (Å²) >= 11 is 5.83. The fourth-order valence-electron chi connectivity index (χ4n) is 2.46. The smallest absolute Gasteiger partial charge is 0.236 e. The summed E-state index contributed by atoms with van der Waals surface area (Å²) in [6.07, 6.45) is 0.795. The second-order valence-electron chi connectivity index (χ2n) is 6.23. The van der Waals surface area contributed by atoms with Crippen LogP contribution in [0.2, 0.25) is 5.02 Å². The van der Waals surface area contributed by atoms with E-state index in [0.717, 1.165) is 18.7 Å². The third-order valence-electron chi connectivity index (χ3n) is 3.96. The molecule has 0 saturated carbocycles. The van der Waals surface area contributed by atoms with Crippen LogP contribution in [0.4, 0.5) is 4.39 Å². The van der Waals surface area contributed by atoms with Crippen molar-refractivity contribution in [3.63, 3.8) is 0 Å². The van der Waals surface area contributed by atoms with E-state index in [1.165, 1.54) is 6.07 Å². The normalized spacial score (nSPS) is 10.8. The molecule has 0 atom stereocenters. The quantitative estimate of drug-likeness (QED) is 0.621. The number of hydrogen-bond donors (Lipinski definition) is 0. The Bertz CT molecular complexity index is 709. The lowest BCUT2D eigenvalue weighted by molar-refractivity contribution is -0.131. The van der Waals surface area contributed by atoms with Crippen molar-refractivity contribution in [1.82, 2.24) is 9.80 Å². The fourth-order valence-corrected chi connectivity index (χ4v) is 2.58. The van der Waals surface area contributed by atoms with Gasteiger partial charge in [-0.1, -0.05) is 29.8 Å². The van der Waals surface area contributed by atoms with Gasteiger partial charge in [0.1, 0.15) is 11.6 Å². The van der Waals surface area contributed by atoms with E-state index in [9.17, 15) is 9.18 Å². The molecule has 4 nitrogen and oxygen atoms in total. The molecule has 1 amide bonds. The highest BCUT2D eigenvalue weighted by Crippen LogP contribution is 2.15. The van der Waals surface area contributed by atoms with Crippen LogP contribution in [0.1, 0.15) is 12.0 Å². The standard InChI is InChI=1S/C20H24ClFN2O2/c1-23(12-5-13-26-18-10-8-17(21)9-11-18)15-20(25)24(2)14-16-6-3-4-7-19(16)22/h3-4,6-11H,5,12-15H2,1-2H3. The highest BCUT2D eigenvalue weighted by atomic mass is 35.5. The van der Waals surface area contributed by atoms with Crippen LogP contribution in [0.5, 0.6) is 5.75 Å². The van der Waals surface area contributed by atoms with Crippen LogP contribution < -0.4 is 4.74 Å². The largest absolute Gasteiger partial charge is 0.494 e. The number of carbonyl (C=O) groups is 1. The van der Waals surface area contributed by atoms with E-state index in [2.05, 4.69) is 0 Å². The molecule has 0 aliphatic heterocycles. The number of rotatable bonds is 9. The zero-order valence-corrected chi connectivity index (χ0v) is 15.9. The second kappa shape index (κ2) is 10.1. The topological polar surface area (TPSA) is 32.8 Å². The van der Waals surface area contributed by atoms with Crippen molar-refractivity contribution in [3.8, 4) is 5.75 Å². The van der Waals surface area contributed by atoms with Crippen LogP contribution in [0.25, 0.3) is 0 Å². The summed E-state index contributed by atoms with van der Waals surface area (Å²) in [7, 11) is 3.57. The first-order valence-electron chi connectivity index (χ1n) is 8.50. The van der Waals surface area contributed by atoms with Gasteiger partial charge in [-0.2, -0.15) is 0 Å². The minimum absolute atomic E-state index is 0.0469. The van der Waals surface area contributed by atoms with Crippen molar-refractivity contribution in [2.75, 3.05) is 33.8 Å². The van der Waals surface area contributed by atoms with Crippen molar-refractivity contribution in [3.05, 3.63) is 64.9 Å². The zero-order valence-electron chi connectivity index (χ0n) is 15.1. The van der Waals surface area contributed by atoms with Crippen LogP contribution in [-0.4, -0.2) is 49.5 Å². The van der Waals surface area contributed by atoms with Crippen molar-refractivity contribution in [1.29, 1.82) is 0 Å². The highest BCUT2D eigenvalue weighted by molar-refractivity contribution is 6.30. The van der Waals surface area contributed by atoms with Crippen molar-refractivity contribution >= 4 is 17.5 Å². The summed E-state index contributed by atoms with van der Waals surface area (Å²) in [5.74, 6) is 0.437. The van der Waals surface area contributed by atoms with Gasteiger partial charge in [-0.05, 0) is 43.8 Å². The number of hydrogen-bond acceptors (Lipinski definition) is 3. The number of amides is 1. The molecule has 0 aromatic heterocycles. The van der Waals surface area contributed by atoms with Crippen LogP contribution in [0.3, 0.4) is 0 Å². The Morgan fingerprint density at radius 3 is 2.50 bits per heavy atom. The SMILES string of the molecule is CN(CCCOc1ccc(Cl)cc1)CC(=O)N(C)Cc1ccccc1F. The van der Waals surface area contributed by atoms with Gasteiger partial charge in [0.05, 0.1) is 13.2 Å². The molecular formula is C20H24ClFN2O2. The average molecular weight is 379 g/mol. The molecule has 140 valence electrons. The molecule has 0 aliphatic rings. The number of halogens is 2. The Hall–Kier alpha value is -2.11. The molecule has 0 N–H and O–H groups in total. The lowest BCUT2D eigenvalue weighted by atomic mass is 10.2. The molecular weight excluding hydrogens is 355 g/mol. The number of ether oxygens (including phenoxy) is 1. The summed E-state index contributed by atoms with van der Waals surface area (Å²) in [6.45, 7) is 1.84. The van der Waals surface area contributed by atoms with E-state index in [4.69, 9.17) is 16.3 Å². The predicted molar refractivity (Wildman–Crippen MR) is 102 cm³/mol. The Balaban J connectivity index is 1.67. The first-order valence-corrected chi connectivity index (χ1v) is 8.88. The summed E-state index contributed by atoms with van der Waals surface area (Å²) in [4.78, 5) is 15.7. The maximum atomic E-state index is 13.7. The minimum atomic E-state index is -0.292. The number of likely N-dealkylation sites (N-methyl/N-ethyl adjacent to an activating group) is 2. The van der Waals surface area contributed by atoms with Crippen LogP contribution in [0.15, 0.2) is 48.5 Å². The summed E-state index contributed by atoms with van der Waals surface area (Å²) in [5, 5.41) is 0.676. The molecule has 0 aliphatic carbocycles. The lowest BCUT2D eigenvalue weighted by Crippen LogP contribution is -2.37. The van der Waals surface area contributed by atoms with Crippen LogP contribution in [-0.2, 0) is 11.3 Å². The molecule has 0 radical (unpaired) electrons. The molecule has 0 unspecified atom stereocenters. The van der Waals surface area contributed by atoms with Gasteiger partial charge in [-0.3, -0.25) is 9.69 Å². The first kappa shape index (κ1) is 20.2. The monoisotopic (exact) mass is 378 g/mol. The Morgan fingerprint density at radius 1 is 1.12 bits per heavy atom. The van der Waals surface area contributed by atoms with Gasteiger partial charge in [0.25, 0.3) is 0 Å². The van der Waals surface area contributed by atoms with Crippen molar-refractivity contribution in [2.24, 2.45) is 0 Å². The molecule has 0 fully saturated rings. The maximum absolute atomic E-state index is 13.7. The Labute approximate surface area is 159 Å². The molecule has 6 heteroatoms. The molecule has 0 saturated heterocycles. The number of benzene rings is 2. The fraction of sp³-hybridized carbons (Fsp3) is 0.350. The first-order chi connectivity index (χ1) is 12.5. The van der Waals surface area contributed by atoms with E-state index < -0.39 is 0 Å². The Kier molecular flexibility index (Phi) is 7.88. The van der Waals surface area contributed by atoms with Crippen LogP contribution >= 0.6 is 11.6 Å². The number of nitrogens with zero attached hydrogens (tertiary/aromatic N) is 2. The average Bonchev–Trinajstić information content (AvgIpc) is 2.62. The third-order valence-corrected chi connectivity index (χ3v) is 4.21. The number of carbonyl (C=O) groups excluding carboxylic acids is 1. The molecule has 0 bridgehead atoms. The van der Waals surface area contributed by atoms with Crippen LogP contribution in [0, 0.1) is 5.82 Å². The summed E-state index contributed by atoms with van der Waals surface area (Å²) in [6, 6.07) is 13.7. The maximum Gasteiger partial charge on any atom is 0.236 e. The van der Waals surface area contributed by atoms with Gasteiger partial charge >= 0.3 is 0 Å². The zero-order chi connectivity index (χ0) is 18.9. The molecule has 2 aromatic carbocycles. The van der Waals surface area contributed by atoms with E-state index in [1.807, 2.05) is 24.1 Å².